The van der Waals surface area contributed by atoms with Crippen LogP contribution in [0.25, 0.3) is 0 Å². The molecule has 16 heavy (non-hydrogen) atoms. The van der Waals surface area contributed by atoms with Crippen LogP contribution in [0.15, 0.2) is 0 Å². The Kier molecular flexibility index (Phi) is 1.96. The van der Waals surface area contributed by atoms with Gasteiger partial charge in [-0.3, -0.25) is 8.98 Å². The molecule has 0 aromatic carbocycles. The molecule has 3 rings (SSSR count). The number of hydrogen-bond acceptors (Lipinski definition) is 5. The van der Waals surface area contributed by atoms with Crippen LogP contribution in [0.3, 0.4) is 0 Å². The highest BCUT2D eigenvalue weighted by Gasteiger charge is 2.68. The van der Waals surface area contributed by atoms with Crippen molar-refractivity contribution < 1.29 is 17.9 Å². The first-order valence-electron chi connectivity index (χ1n) is 5.51. The zero-order valence-electron chi connectivity index (χ0n) is 9.21. The number of methoxy groups -OCH3 is 1. The molecule has 0 aromatic rings. The predicted octanol–water partition coefficient (Wildman–Crippen LogP) is 0.791. The summed E-state index contributed by atoms with van der Waals surface area (Å²) in [5, 5.41) is -0.439. The van der Waals surface area contributed by atoms with Crippen molar-refractivity contribution in [1.82, 2.24) is 0 Å². The summed E-state index contributed by atoms with van der Waals surface area (Å²) >= 11 is 0. The lowest BCUT2D eigenvalue weighted by atomic mass is 9.80. The van der Waals surface area contributed by atoms with Gasteiger partial charge < -0.3 is 4.74 Å². The van der Waals surface area contributed by atoms with Gasteiger partial charge in [0.05, 0.1) is 24.4 Å². The van der Waals surface area contributed by atoms with E-state index in [1.807, 2.05) is 6.92 Å². The number of esters is 1. The molecule has 0 aromatic heterocycles. The van der Waals surface area contributed by atoms with Crippen LogP contribution >= 0.6 is 0 Å². The summed E-state index contributed by atoms with van der Waals surface area (Å²) in [5.74, 6) is -0.212. The summed E-state index contributed by atoms with van der Waals surface area (Å²) in [4.78, 5) is 11.7. The fourth-order valence-corrected chi connectivity index (χ4v) is 6.06. The van der Waals surface area contributed by atoms with E-state index in [2.05, 4.69) is 0 Å². The normalized spacial score (nSPS) is 57.9. The van der Waals surface area contributed by atoms with Crippen molar-refractivity contribution in [3.8, 4) is 0 Å². The van der Waals surface area contributed by atoms with E-state index in [4.69, 9.17) is 13.7 Å². The zero-order chi connectivity index (χ0) is 11.7. The number of carbonyl (C=O) groups is 1. The standard InChI is InChI=1S/C10H15NO4S/c1-4-5-3-6-8(4)15-16(11,13)9(6)7(5)10(12)14-2/h4-9,11H,3H2,1-2H3. The molecular weight excluding hydrogens is 230 g/mol. The van der Waals surface area contributed by atoms with Crippen molar-refractivity contribution in [1.29, 1.82) is 4.78 Å². The van der Waals surface area contributed by atoms with Gasteiger partial charge in [-0.05, 0) is 18.3 Å². The van der Waals surface area contributed by atoms with Gasteiger partial charge in [-0.1, -0.05) is 6.92 Å². The molecule has 1 heterocycles. The van der Waals surface area contributed by atoms with Crippen LogP contribution in [0.5, 0.6) is 0 Å². The Hall–Kier alpha value is -0.620. The summed E-state index contributed by atoms with van der Waals surface area (Å²) < 4.78 is 29.9. The number of carbonyl (C=O) groups excluding carboxylic acids is 1. The lowest BCUT2D eigenvalue weighted by Gasteiger charge is -2.27. The second-order valence-corrected chi connectivity index (χ2v) is 6.87. The van der Waals surface area contributed by atoms with Gasteiger partial charge in [0.2, 0.25) is 0 Å². The average molecular weight is 245 g/mol. The van der Waals surface area contributed by atoms with Crippen molar-refractivity contribution in [3.63, 3.8) is 0 Å². The molecule has 3 aliphatic rings. The van der Waals surface area contributed by atoms with E-state index in [0.717, 1.165) is 6.42 Å². The molecule has 7 atom stereocenters. The minimum absolute atomic E-state index is 0.0825. The summed E-state index contributed by atoms with van der Waals surface area (Å²) in [7, 11) is -1.72. The summed E-state index contributed by atoms with van der Waals surface area (Å²) in [6.45, 7) is 2.02. The summed E-state index contributed by atoms with van der Waals surface area (Å²) in [6, 6.07) is 0. The van der Waals surface area contributed by atoms with Gasteiger partial charge >= 0.3 is 5.97 Å². The molecule has 3 fully saturated rings. The third-order valence-corrected chi connectivity index (χ3v) is 6.35. The average Bonchev–Trinajstić information content (AvgIpc) is 2.80. The van der Waals surface area contributed by atoms with Gasteiger partial charge in [0.25, 0.3) is 0 Å². The molecule has 1 saturated heterocycles. The van der Waals surface area contributed by atoms with E-state index in [-0.39, 0.29) is 29.8 Å². The number of nitrogens with one attached hydrogen (secondary N) is 1. The quantitative estimate of drug-likeness (QED) is 0.693. The maximum Gasteiger partial charge on any atom is 0.310 e. The second kappa shape index (κ2) is 2.98. The highest BCUT2D eigenvalue weighted by atomic mass is 32.2. The van der Waals surface area contributed by atoms with Gasteiger partial charge in [0, 0.05) is 5.92 Å². The van der Waals surface area contributed by atoms with Crippen LogP contribution in [0.1, 0.15) is 13.3 Å². The first kappa shape index (κ1) is 10.5. The molecular formula is C10H15NO4S. The van der Waals surface area contributed by atoms with Crippen LogP contribution in [-0.4, -0.2) is 28.6 Å². The Bertz CT molecular complexity index is 446. The van der Waals surface area contributed by atoms with Gasteiger partial charge in [-0.2, -0.15) is 0 Å². The van der Waals surface area contributed by atoms with Gasteiger partial charge in [-0.15, -0.1) is 0 Å². The van der Waals surface area contributed by atoms with Crippen molar-refractivity contribution >= 4 is 16.0 Å². The molecule has 1 aliphatic heterocycles. The molecule has 2 aliphatic carbocycles. The molecule has 7 unspecified atom stereocenters. The maximum absolute atomic E-state index is 12.0. The summed E-state index contributed by atoms with van der Waals surface area (Å²) in [5.41, 5.74) is 0. The first-order chi connectivity index (χ1) is 7.47. The smallest absolute Gasteiger partial charge is 0.310 e. The molecule has 1 N–H and O–H groups in total. The Labute approximate surface area is 94.7 Å². The van der Waals surface area contributed by atoms with E-state index >= 15 is 0 Å². The SMILES string of the molecule is COC(=O)C1C2CC3C(OS(=N)(=O)C31)C2C. The first-order valence-corrected chi connectivity index (χ1v) is 7.05. The Morgan fingerprint density at radius 1 is 1.50 bits per heavy atom. The summed E-state index contributed by atoms with van der Waals surface area (Å²) in [6.07, 6.45) is 0.771. The van der Waals surface area contributed by atoms with Crippen LogP contribution in [0.4, 0.5) is 0 Å². The minimum Gasteiger partial charge on any atom is -0.469 e. The van der Waals surface area contributed by atoms with Crippen molar-refractivity contribution in [2.45, 2.75) is 24.7 Å². The molecule has 6 heteroatoms. The van der Waals surface area contributed by atoms with E-state index in [1.54, 1.807) is 0 Å². The monoisotopic (exact) mass is 245 g/mol. The zero-order valence-corrected chi connectivity index (χ0v) is 10.0. The minimum atomic E-state index is -3.07. The van der Waals surface area contributed by atoms with Crippen molar-refractivity contribution in [3.05, 3.63) is 0 Å². The van der Waals surface area contributed by atoms with Crippen LogP contribution in [-0.2, 0) is 23.7 Å². The van der Waals surface area contributed by atoms with Gasteiger partial charge in [0.1, 0.15) is 0 Å². The molecule has 2 saturated carbocycles. The number of ether oxygens (including phenoxy) is 1. The third-order valence-electron chi connectivity index (χ3n) is 4.48. The highest BCUT2D eigenvalue weighted by Crippen LogP contribution is 2.60. The Morgan fingerprint density at radius 2 is 2.19 bits per heavy atom. The van der Waals surface area contributed by atoms with E-state index in [1.165, 1.54) is 7.11 Å². The van der Waals surface area contributed by atoms with Gasteiger partial charge in [0.15, 0.2) is 10.0 Å². The highest BCUT2D eigenvalue weighted by molar-refractivity contribution is 7.88. The van der Waals surface area contributed by atoms with E-state index in [9.17, 15) is 9.00 Å². The Morgan fingerprint density at radius 3 is 2.81 bits per heavy atom. The number of hydrogen-bond donors (Lipinski definition) is 1. The topological polar surface area (TPSA) is 76.5 Å². The molecule has 0 radical (unpaired) electrons. The van der Waals surface area contributed by atoms with Crippen LogP contribution in [0.2, 0.25) is 0 Å². The van der Waals surface area contributed by atoms with Gasteiger partial charge in [-0.25, -0.2) is 8.99 Å². The molecule has 90 valence electrons. The Balaban J connectivity index is 2.07. The predicted molar refractivity (Wildman–Crippen MR) is 55.8 cm³/mol. The molecule has 0 spiro atoms. The molecule has 2 bridgehead atoms. The lowest BCUT2D eigenvalue weighted by molar-refractivity contribution is -0.147. The van der Waals surface area contributed by atoms with Crippen molar-refractivity contribution in [2.75, 3.05) is 7.11 Å². The van der Waals surface area contributed by atoms with E-state index in [0.29, 0.717) is 0 Å². The fraction of sp³-hybridized carbons (Fsp3) is 0.900. The second-order valence-electron chi connectivity index (χ2n) is 5.04. The van der Waals surface area contributed by atoms with Crippen LogP contribution in [0, 0.1) is 28.5 Å². The number of fused-ring (bicyclic) bond motifs is 1. The fourth-order valence-electron chi connectivity index (χ4n) is 3.86. The molecule has 5 nitrogen and oxygen atoms in total. The van der Waals surface area contributed by atoms with E-state index < -0.39 is 21.2 Å². The largest absolute Gasteiger partial charge is 0.469 e. The molecule has 0 amide bonds. The van der Waals surface area contributed by atoms with Crippen LogP contribution < -0.4 is 0 Å². The van der Waals surface area contributed by atoms with Crippen molar-refractivity contribution in [2.24, 2.45) is 23.7 Å². The number of rotatable bonds is 1. The maximum atomic E-state index is 12.0. The third kappa shape index (κ3) is 1.04. The lowest BCUT2D eigenvalue weighted by Crippen LogP contribution is -2.40.